The summed E-state index contributed by atoms with van der Waals surface area (Å²) in [5.74, 6) is 0.910. The van der Waals surface area contributed by atoms with E-state index in [1.165, 1.54) is 10.5 Å². The van der Waals surface area contributed by atoms with Crippen LogP contribution >= 0.6 is 23.1 Å². The zero-order valence-electron chi connectivity index (χ0n) is 12.2. The first-order valence-corrected chi connectivity index (χ1v) is 9.00. The van der Waals surface area contributed by atoms with Gasteiger partial charge in [0, 0.05) is 34.5 Å². The quantitative estimate of drug-likeness (QED) is 0.685. The van der Waals surface area contributed by atoms with Crippen molar-refractivity contribution in [2.45, 2.75) is 30.5 Å². The van der Waals surface area contributed by atoms with Gasteiger partial charge < -0.3 is 5.32 Å². The van der Waals surface area contributed by atoms with Crippen molar-refractivity contribution in [3.63, 3.8) is 0 Å². The lowest BCUT2D eigenvalue weighted by molar-refractivity contribution is 0.597. The van der Waals surface area contributed by atoms with Crippen molar-refractivity contribution >= 4 is 28.1 Å². The van der Waals surface area contributed by atoms with E-state index in [2.05, 4.69) is 70.6 Å². The van der Waals surface area contributed by atoms with Crippen molar-refractivity contribution in [2.75, 3.05) is 6.54 Å². The molecule has 1 N–H and O–H groups in total. The van der Waals surface area contributed by atoms with Crippen LogP contribution in [0.1, 0.15) is 31.1 Å². The molecule has 0 amide bonds. The highest BCUT2D eigenvalue weighted by Crippen LogP contribution is 2.26. The maximum absolute atomic E-state index is 4.62. The van der Waals surface area contributed by atoms with Gasteiger partial charge in [-0.25, -0.2) is 4.98 Å². The Balaban J connectivity index is 1.67. The first kappa shape index (κ1) is 14.6. The van der Waals surface area contributed by atoms with Gasteiger partial charge in [-0.05, 0) is 31.2 Å². The van der Waals surface area contributed by atoms with Crippen LogP contribution < -0.4 is 5.32 Å². The molecule has 0 aliphatic rings. The average molecular weight is 317 g/mol. The van der Waals surface area contributed by atoms with Crippen molar-refractivity contribution in [2.24, 2.45) is 0 Å². The maximum atomic E-state index is 4.62. The lowest BCUT2D eigenvalue weighted by Gasteiger charge is -2.13. The summed E-state index contributed by atoms with van der Waals surface area (Å²) in [4.78, 5) is 6.99. The van der Waals surface area contributed by atoms with Crippen molar-refractivity contribution in [1.29, 1.82) is 0 Å². The third-order valence-corrected chi connectivity index (χ3v) is 5.20. The van der Waals surface area contributed by atoms with Crippen LogP contribution in [-0.4, -0.2) is 15.9 Å². The highest BCUT2D eigenvalue weighted by atomic mass is 32.2. The van der Waals surface area contributed by atoms with Crippen LogP contribution in [0.2, 0.25) is 0 Å². The predicted molar refractivity (Wildman–Crippen MR) is 91.2 cm³/mol. The third-order valence-electron chi connectivity index (χ3n) is 3.40. The molecule has 1 aromatic carbocycles. The molecule has 3 nitrogen and oxygen atoms in total. The van der Waals surface area contributed by atoms with E-state index in [9.17, 15) is 0 Å². The van der Waals surface area contributed by atoms with Gasteiger partial charge in [0.25, 0.3) is 0 Å². The van der Waals surface area contributed by atoms with E-state index in [1.807, 2.05) is 11.8 Å². The predicted octanol–water partition coefficient (Wildman–Crippen LogP) is 4.36. The summed E-state index contributed by atoms with van der Waals surface area (Å²) in [6.45, 7) is 5.33. The maximum Gasteiger partial charge on any atom is 0.193 e. The Labute approximate surface area is 133 Å². The molecule has 2 aromatic heterocycles. The Bertz CT molecular complexity index is 688. The van der Waals surface area contributed by atoms with Crippen LogP contribution in [0.25, 0.3) is 4.96 Å². The van der Waals surface area contributed by atoms with Crippen molar-refractivity contribution in [1.82, 2.24) is 14.7 Å². The molecule has 0 spiro atoms. The van der Waals surface area contributed by atoms with E-state index in [4.69, 9.17) is 0 Å². The molecule has 5 heteroatoms. The molecule has 0 aliphatic heterocycles. The molecule has 0 bridgehead atoms. The zero-order chi connectivity index (χ0) is 14.7. The Hall–Kier alpha value is -1.30. The molecule has 21 heavy (non-hydrogen) atoms. The Morgan fingerprint density at radius 1 is 1.43 bits per heavy atom. The molecule has 2 heterocycles. The standard InChI is InChI=1S/C16H19N3S2/c1-3-17-12(2)13-5-4-6-15(9-13)21-11-14-10-19-7-8-20-16(19)18-14/h4-10,12,17H,3,11H2,1-2H3. The van der Waals surface area contributed by atoms with Crippen LogP contribution in [-0.2, 0) is 5.75 Å². The number of nitrogens with zero attached hydrogens (tertiary/aromatic N) is 2. The lowest BCUT2D eigenvalue weighted by atomic mass is 10.1. The van der Waals surface area contributed by atoms with Gasteiger partial charge in [0.2, 0.25) is 0 Å². The molecule has 0 fully saturated rings. The number of aromatic nitrogens is 2. The monoisotopic (exact) mass is 317 g/mol. The molecule has 110 valence electrons. The first-order valence-electron chi connectivity index (χ1n) is 7.13. The minimum absolute atomic E-state index is 0.397. The van der Waals surface area contributed by atoms with E-state index in [0.717, 1.165) is 23.0 Å². The summed E-state index contributed by atoms with van der Waals surface area (Å²) in [6, 6.07) is 9.16. The second-order valence-corrected chi connectivity index (χ2v) is 6.89. The third kappa shape index (κ3) is 3.48. The summed E-state index contributed by atoms with van der Waals surface area (Å²) >= 11 is 3.52. The Morgan fingerprint density at radius 3 is 3.14 bits per heavy atom. The second-order valence-electron chi connectivity index (χ2n) is 4.97. The van der Waals surface area contributed by atoms with Gasteiger partial charge in [-0.15, -0.1) is 23.1 Å². The summed E-state index contributed by atoms with van der Waals surface area (Å²) in [7, 11) is 0. The number of imidazole rings is 1. The minimum Gasteiger partial charge on any atom is -0.310 e. The largest absolute Gasteiger partial charge is 0.310 e. The van der Waals surface area contributed by atoms with Crippen LogP contribution in [0.3, 0.4) is 0 Å². The van der Waals surface area contributed by atoms with Crippen molar-refractivity contribution in [3.8, 4) is 0 Å². The van der Waals surface area contributed by atoms with Crippen LogP contribution in [0.5, 0.6) is 0 Å². The minimum atomic E-state index is 0.397. The topological polar surface area (TPSA) is 29.3 Å². The van der Waals surface area contributed by atoms with E-state index < -0.39 is 0 Å². The van der Waals surface area contributed by atoms with E-state index in [1.54, 1.807) is 11.3 Å². The number of benzene rings is 1. The second kappa shape index (κ2) is 6.64. The highest BCUT2D eigenvalue weighted by Gasteiger charge is 2.06. The smallest absolute Gasteiger partial charge is 0.193 e. The number of hydrogen-bond donors (Lipinski definition) is 1. The fourth-order valence-electron chi connectivity index (χ4n) is 2.30. The summed E-state index contributed by atoms with van der Waals surface area (Å²) in [5, 5.41) is 5.51. The summed E-state index contributed by atoms with van der Waals surface area (Å²) < 4.78 is 2.09. The summed E-state index contributed by atoms with van der Waals surface area (Å²) in [5.41, 5.74) is 2.48. The molecule has 0 saturated carbocycles. The fraction of sp³-hybridized carbons (Fsp3) is 0.312. The van der Waals surface area contributed by atoms with Crippen LogP contribution in [0, 0.1) is 0 Å². The summed E-state index contributed by atoms with van der Waals surface area (Å²) in [6.07, 6.45) is 4.17. The lowest BCUT2D eigenvalue weighted by Crippen LogP contribution is -2.17. The molecule has 1 unspecified atom stereocenters. The number of fused-ring (bicyclic) bond motifs is 1. The molecule has 3 aromatic rings. The molecule has 3 rings (SSSR count). The molecular weight excluding hydrogens is 298 g/mol. The molecule has 0 radical (unpaired) electrons. The highest BCUT2D eigenvalue weighted by molar-refractivity contribution is 7.98. The number of hydrogen-bond acceptors (Lipinski definition) is 4. The van der Waals surface area contributed by atoms with Crippen LogP contribution in [0.15, 0.2) is 46.9 Å². The van der Waals surface area contributed by atoms with Crippen molar-refractivity contribution < 1.29 is 0 Å². The average Bonchev–Trinajstić information content (AvgIpc) is 3.07. The van der Waals surface area contributed by atoms with Gasteiger partial charge in [0.1, 0.15) is 0 Å². The fourth-order valence-corrected chi connectivity index (χ4v) is 3.87. The number of rotatable bonds is 6. The van der Waals surface area contributed by atoms with E-state index >= 15 is 0 Å². The van der Waals surface area contributed by atoms with Gasteiger partial charge in [-0.3, -0.25) is 4.40 Å². The van der Waals surface area contributed by atoms with Gasteiger partial charge in [-0.1, -0.05) is 19.1 Å². The number of thiazole rings is 1. The number of nitrogens with one attached hydrogen (secondary N) is 1. The van der Waals surface area contributed by atoms with Gasteiger partial charge >= 0.3 is 0 Å². The number of thioether (sulfide) groups is 1. The Kier molecular flexibility index (Phi) is 4.63. The molecular formula is C16H19N3S2. The SMILES string of the molecule is CCNC(C)c1cccc(SCc2cn3ccsc3n2)c1. The van der Waals surface area contributed by atoms with Gasteiger partial charge in [0.15, 0.2) is 4.96 Å². The van der Waals surface area contributed by atoms with E-state index in [-0.39, 0.29) is 0 Å². The van der Waals surface area contributed by atoms with Gasteiger partial charge in [0.05, 0.1) is 5.69 Å². The normalized spacial score (nSPS) is 12.9. The zero-order valence-corrected chi connectivity index (χ0v) is 13.9. The Morgan fingerprint density at radius 2 is 2.33 bits per heavy atom. The van der Waals surface area contributed by atoms with Crippen molar-refractivity contribution in [3.05, 3.63) is 53.3 Å². The molecule has 0 saturated heterocycles. The van der Waals surface area contributed by atoms with E-state index in [0.29, 0.717) is 6.04 Å². The molecule has 1 atom stereocenters. The van der Waals surface area contributed by atoms with Crippen LogP contribution in [0.4, 0.5) is 0 Å². The first-order chi connectivity index (χ1) is 10.3. The van der Waals surface area contributed by atoms with Gasteiger partial charge in [-0.2, -0.15) is 0 Å². The molecule has 0 aliphatic carbocycles.